The highest BCUT2D eigenvalue weighted by atomic mass is 16.7. The lowest BCUT2D eigenvalue weighted by atomic mass is 10.1. The van der Waals surface area contributed by atoms with Crippen LogP contribution >= 0.6 is 0 Å². The normalized spacial score (nSPS) is 29.1. The highest BCUT2D eigenvalue weighted by Crippen LogP contribution is 2.26. The second-order valence-corrected chi connectivity index (χ2v) is 3.53. The van der Waals surface area contributed by atoms with E-state index >= 15 is 0 Å². The molecule has 0 aromatic rings. The maximum absolute atomic E-state index is 10.8. The lowest BCUT2D eigenvalue weighted by molar-refractivity contribution is -0.216. The maximum atomic E-state index is 10.8. The molecule has 1 heterocycles. The summed E-state index contributed by atoms with van der Waals surface area (Å²) < 4.78 is 15.1. The third-order valence-corrected chi connectivity index (χ3v) is 1.86. The molecule has 0 saturated carbocycles. The van der Waals surface area contributed by atoms with E-state index in [1.807, 2.05) is 0 Å². The predicted octanol–water partition coefficient (Wildman–Crippen LogP) is 1.13. The van der Waals surface area contributed by atoms with E-state index in [1.54, 1.807) is 13.0 Å². The zero-order valence-corrected chi connectivity index (χ0v) is 8.98. The van der Waals surface area contributed by atoms with E-state index < -0.39 is 17.9 Å². The number of hydrogen-bond acceptors (Lipinski definition) is 5. The van der Waals surface area contributed by atoms with Crippen molar-refractivity contribution in [2.75, 3.05) is 0 Å². The number of hydrogen-bond donors (Lipinski definition) is 0. The van der Waals surface area contributed by atoms with Crippen molar-refractivity contribution in [1.82, 2.24) is 0 Å². The molecule has 0 aliphatic carbocycles. The van der Waals surface area contributed by atoms with Gasteiger partial charge in [0.2, 0.25) is 0 Å². The van der Waals surface area contributed by atoms with Gasteiger partial charge < -0.3 is 14.2 Å². The maximum Gasteiger partial charge on any atom is 0.305 e. The Morgan fingerprint density at radius 2 is 2.07 bits per heavy atom. The molecule has 84 valence electrons. The average Bonchev–Trinajstić information content (AvgIpc) is 1.99. The zero-order chi connectivity index (χ0) is 11.5. The SMILES string of the molecule is CC(=O)OC1C=COC(C)(OC(C)=O)C1. The first-order valence-electron chi connectivity index (χ1n) is 4.62. The minimum atomic E-state index is -1.05. The Morgan fingerprint density at radius 1 is 1.40 bits per heavy atom. The van der Waals surface area contributed by atoms with Crippen molar-refractivity contribution >= 4 is 11.9 Å². The molecule has 0 radical (unpaired) electrons. The average molecular weight is 214 g/mol. The summed E-state index contributed by atoms with van der Waals surface area (Å²) in [5, 5.41) is 0. The third kappa shape index (κ3) is 3.61. The molecule has 0 aromatic carbocycles. The van der Waals surface area contributed by atoms with Gasteiger partial charge in [-0.15, -0.1) is 0 Å². The summed E-state index contributed by atoms with van der Waals surface area (Å²) in [5.74, 6) is -1.87. The van der Waals surface area contributed by atoms with E-state index in [9.17, 15) is 9.59 Å². The molecule has 0 bridgehead atoms. The largest absolute Gasteiger partial charge is 0.460 e. The minimum Gasteiger partial charge on any atom is -0.460 e. The lowest BCUT2D eigenvalue weighted by Crippen LogP contribution is -2.39. The summed E-state index contributed by atoms with van der Waals surface area (Å²) in [4.78, 5) is 21.6. The second kappa shape index (κ2) is 4.33. The van der Waals surface area contributed by atoms with Crippen LogP contribution < -0.4 is 0 Å². The van der Waals surface area contributed by atoms with E-state index in [4.69, 9.17) is 14.2 Å². The molecule has 0 spiro atoms. The van der Waals surface area contributed by atoms with Gasteiger partial charge in [0.05, 0.1) is 12.7 Å². The molecule has 2 atom stereocenters. The van der Waals surface area contributed by atoms with Gasteiger partial charge in [0.1, 0.15) is 6.10 Å². The van der Waals surface area contributed by atoms with Gasteiger partial charge in [-0.25, -0.2) is 0 Å². The number of esters is 2. The number of carbonyl (C=O) groups is 2. The Morgan fingerprint density at radius 3 is 2.60 bits per heavy atom. The standard InChI is InChI=1S/C10H14O5/c1-7(11)14-9-4-5-13-10(3,6-9)15-8(2)12/h4-5,9H,6H2,1-3H3. The van der Waals surface area contributed by atoms with Crippen molar-refractivity contribution in [2.45, 2.75) is 39.1 Å². The van der Waals surface area contributed by atoms with Crippen molar-refractivity contribution in [1.29, 1.82) is 0 Å². The molecule has 5 heteroatoms. The van der Waals surface area contributed by atoms with Crippen molar-refractivity contribution in [3.63, 3.8) is 0 Å². The van der Waals surface area contributed by atoms with E-state index in [0.29, 0.717) is 6.42 Å². The molecule has 0 saturated heterocycles. The molecule has 2 unspecified atom stereocenters. The van der Waals surface area contributed by atoms with Crippen LogP contribution in [0.3, 0.4) is 0 Å². The van der Waals surface area contributed by atoms with Gasteiger partial charge in [0, 0.05) is 20.8 Å². The smallest absolute Gasteiger partial charge is 0.305 e. The van der Waals surface area contributed by atoms with Gasteiger partial charge in [0.15, 0.2) is 0 Å². The summed E-state index contributed by atoms with van der Waals surface area (Å²) in [7, 11) is 0. The molecular weight excluding hydrogens is 200 g/mol. The third-order valence-electron chi connectivity index (χ3n) is 1.86. The van der Waals surface area contributed by atoms with Crippen molar-refractivity contribution in [3.05, 3.63) is 12.3 Å². The Bertz CT molecular complexity index is 296. The van der Waals surface area contributed by atoms with Crippen LogP contribution in [-0.4, -0.2) is 23.8 Å². The molecule has 0 fully saturated rings. The second-order valence-electron chi connectivity index (χ2n) is 3.53. The van der Waals surface area contributed by atoms with Crippen LogP contribution in [0.2, 0.25) is 0 Å². The number of rotatable bonds is 2. The molecule has 0 aromatic heterocycles. The summed E-state index contributed by atoms with van der Waals surface area (Å²) in [6.07, 6.45) is 2.86. The molecule has 0 amide bonds. The van der Waals surface area contributed by atoms with Crippen LogP contribution in [0, 0.1) is 0 Å². The molecule has 1 aliphatic rings. The van der Waals surface area contributed by atoms with Crippen molar-refractivity contribution in [2.24, 2.45) is 0 Å². The Hall–Kier alpha value is -1.52. The van der Waals surface area contributed by atoms with Crippen LogP contribution in [0.1, 0.15) is 27.2 Å². The Balaban J connectivity index is 2.61. The van der Waals surface area contributed by atoms with Gasteiger partial charge in [0.25, 0.3) is 5.79 Å². The lowest BCUT2D eigenvalue weighted by Gasteiger charge is -2.33. The quantitative estimate of drug-likeness (QED) is 0.645. The molecule has 1 aliphatic heterocycles. The van der Waals surface area contributed by atoms with Crippen LogP contribution in [0.25, 0.3) is 0 Å². The summed E-state index contributed by atoms with van der Waals surface area (Å²) >= 11 is 0. The van der Waals surface area contributed by atoms with E-state index in [1.165, 1.54) is 20.1 Å². The van der Waals surface area contributed by atoms with Crippen LogP contribution in [-0.2, 0) is 23.8 Å². The first-order valence-corrected chi connectivity index (χ1v) is 4.62. The topological polar surface area (TPSA) is 61.8 Å². The highest BCUT2D eigenvalue weighted by Gasteiger charge is 2.35. The summed E-state index contributed by atoms with van der Waals surface area (Å²) in [6, 6.07) is 0. The summed E-state index contributed by atoms with van der Waals surface area (Å²) in [6.45, 7) is 4.24. The Kier molecular flexibility index (Phi) is 3.34. The van der Waals surface area contributed by atoms with Gasteiger partial charge in [-0.1, -0.05) is 0 Å². The predicted molar refractivity (Wildman–Crippen MR) is 50.6 cm³/mol. The van der Waals surface area contributed by atoms with E-state index in [0.717, 1.165) is 0 Å². The van der Waals surface area contributed by atoms with Crippen LogP contribution in [0.5, 0.6) is 0 Å². The number of ether oxygens (including phenoxy) is 3. The van der Waals surface area contributed by atoms with Gasteiger partial charge in [-0.05, 0) is 6.08 Å². The molecule has 0 N–H and O–H groups in total. The fraction of sp³-hybridized carbons (Fsp3) is 0.600. The van der Waals surface area contributed by atoms with Crippen LogP contribution in [0.4, 0.5) is 0 Å². The van der Waals surface area contributed by atoms with Gasteiger partial charge in [-0.3, -0.25) is 9.59 Å². The van der Waals surface area contributed by atoms with Gasteiger partial charge in [-0.2, -0.15) is 0 Å². The minimum absolute atomic E-state index is 0.294. The van der Waals surface area contributed by atoms with E-state index in [2.05, 4.69) is 0 Å². The Labute approximate surface area is 88.0 Å². The first kappa shape index (κ1) is 11.6. The number of carbonyl (C=O) groups excluding carboxylic acids is 2. The highest BCUT2D eigenvalue weighted by molar-refractivity contribution is 5.67. The fourth-order valence-corrected chi connectivity index (χ4v) is 1.42. The van der Waals surface area contributed by atoms with E-state index in [-0.39, 0.29) is 5.97 Å². The van der Waals surface area contributed by atoms with Crippen LogP contribution in [0.15, 0.2) is 12.3 Å². The van der Waals surface area contributed by atoms with Crippen molar-refractivity contribution < 1.29 is 23.8 Å². The first-order chi connectivity index (χ1) is 6.91. The summed E-state index contributed by atoms with van der Waals surface area (Å²) in [5.41, 5.74) is 0. The van der Waals surface area contributed by atoms with Crippen molar-refractivity contribution in [3.8, 4) is 0 Å². The molecular formula is C10H14O5. The molecule has 15 heavy (non-hydrogen) atoms. The van der Waals surface area contributed by atoms with Gasteiger partial charge >= 0.3 is 11.9 Å². The zero-order valence-electron chi connectivity index (χ0n) is 8.98. The fourth-order valence-electron chi connectivity index (χ4n) is 1.42. The monoisotopic (exact) mass is 214 g/mol. The molecule has 1 rings (SSSR count). The molecule has 5 nitrogen and oxygen atoms in total.